The van der Waals surface area contributed by atoms with Crippen molar-refractivity contribution in [2.45, 2.75) is 13.2 Å². The van der Waals surface area contributed by atoms with Crippen molar-refractivity contribution in [2.75, 3.05) is 4.90 Å². The Kier molecular flexibility index (Phi) is 5.35. The molecule has 0 saturated carbocycles. The molecule has 2 heterocycles. The summed E-state index contributed by atoms with van der Waals surface area (Å²) in [6, 6.07) is 35.2. The molecular formula is C30H22N2O3. The monoisotopic (exact) mass is 458 g/mol. The molecule has 5 nitrogen and oxygen atoms in total. The lowest BCUT2D eigenvalue weighted by Gasteiger charge is -2.21. The fourth-order valence-electron chi connectivity index (χ4n) is 4.39. The maximum absolute atomic E-state index is 13.5. The number of benzene rings is 4. The fraction of sp³-hybridized carbons (Fsp3) is 0.0667. The van der Waals surface area contributed by atoms with Crippen LogP contribution in [0.1, 0.15) is 21.5 Å². The lowest BCUT2D eigenvalue weighted by molar-refractivity contribution is 0.100. The molecule has 0 N–H and O–H groups in total. The minimum absolute atomic E-state index is 0.0962. The normalized spacial score (nSPS) is 12.2. The number of amides is 1. The van der Waals surface area contributed by atoms with Crippen LogP contribution >= 0.6 is 0 Å². The number of anilines is 2. The number of carbonyl (C=O) groups is 1. The van der Waals surface area contributed by atoms with E-state index in [0.29, 0.717) is 36.2 Å². The lowest BCUT2D eigenvalue weighted by atomic mass is 10.1. The minimum Gasteiger partial charge on any atom is -0.473 e. The molecule has 170 valence electrons. The van der Waals surface area contributed by atoms with Gasteiger partial charge in [-0.15, -0.1) is 0 Å². The van der Waals surface area contributed by atoms with Gasteiger partial charge in [0.25, 0.3) is 5.91 Å². The van der Waals surface area contributed by atoms with Crippen molar-refractivity contribution in [3.8, 4) is 11.8 Å². The number of carbonyl (C=O) groups excluding carboxylic acids is 1. The van der Waals surface area contributed by atoms with E-state index in [4.69, 9.17) is 9.47 Å². The van der Waals surface area contributed by atoms with Gasteiger partial charge in [-0.1, -0.05) is 84.9 Å². The van der Waals surface area contributed by atoms with Crippen LogP contribution < -0.4 is 14.4 Å². The summed E-state index contributed by atoms with van der Waals surface area (Å²) in [5.74, 6) is 0.682. The summed E-state index contributed by atoms with van der Waals surface area (Å²) in [6.45, 7) is 0.709. The van der Waals surface area contributed by atoms with Crippen molar-refractivity contribution in [1.82, 2.24) is 4.98 Å². The molecular weight excluding hydrogens is 436 g/mol. The third-order valence-corrected chi connectivity index (χ3v) is 6.06. The van der Waals surface area contributed by atoms with Crippen LogP contribution in [0.25, 0.3) is 10.8 Å². The largest absolute Gasteiger partial charge is 0.473 e. The van der Waals surface area contributed by atoms with E-state index in [0.717, 1.165) is 27.6 Å². The molecule has 0 spiro atoms. The van der Waals surface area contributed by atoms with Crippen molar-refractivity contribution in [1.29, 1.82) is 0 Å². The average Bonchev–Trinajstić information content (AvgIpc) is 3.20. The average molecular weight is 459 g/mol. The SMILES string of the molecule is O=C1c2cccc3cccc(c23)N1c1ccc(OCc2ccccc2)nc1OCc1ccccc1. The molecule has 35 heavy (non-hydrogen) atoms. The highest BCUT2D eigenvalue weighted by atomic mass is 16.5. The van der Waals surface area contributed by atoms with Crippen LogP contribution in [0.2, 0.25) is 0 Å². The van der Waals surface area contributed by atoms with Gasteiger partial charge in [-0.05, 0) is 34.7 Å². The molecule has 0 unspecified atom stereocenters. The summed E-state index contributed by atoms with van der Waals surface area (Å²) in [5, 5.41) is 1.97. The van der Waals surface area contributed by atoms with Crippen LogP contribution in [-0.4, -0.2) is 10.9 Å². The Morgan fingerprint density at radius 1 is 0.629 bits per heavy atom. The van der Waals surface area contributed by atoms with Crippen LogP contribution in [0.15, 0.2) is 109 Å². The number of pyridine rings is 1. The van der Waals surface area contributed by atoms with Gasteiger partial charge in [0.05, 0.1) is 11.3 Å². The standard InChI is InChI=1S/C30H22N2O3/c33-30-24-15-7-13-23-14-8-16-25(28(23)24)32(30)26-17-18-27(34-19-21-9-3-1-4-10-21)31-29(26)35-20-22-11-5-2-6-12-22/h1-18H,19-20H2. The van der Waals surface area contributed by atoms with Crippen LogP contribution in [0.5, 0.6) is 11.8 Å². The van der Waals surface area contributed by atoms with Gasteiger partial charge in [0.1, 0.15) is 18.9 Å². The van der Waals surface area contributed by atoms with Gasteiger partial charge < -0.3 is 9.47 Å². The molecule has 1 aliphatic heterocycles. The fourth-order valence-corrected chi connectivity index (χ4v) is 4.39. The topological polar surface area (TPSA) is 51.7 Å². The molecule has 1 aromatic heterocycles. The Morgan fingerprint density at radius 2 is 1.29 bits per heavy atom. The minimum atomic E-state index is -0.0962. The summed E-state index contributed by atoms with van der Waals surface area (Å²) in [6.07, 6.45) is 0. The van der Waals surface area contributed by atoms with Gasteiger partial charge in [-0.25, -0.2) is 0 Å². The van der Waals surface area contributed by atoms with E-state index in [9.17, 15) is 4.79 Å². The van der Waals surface area contributed by atoms with Crippen LogP contribution in [0, 0.1) is 0 Å². The Hall–Kier alpha value is -4.64. The molecule has 5 aromatic rings. The summed E-state index contributed by atoms with van der Waals surface area (Å²) < 4.78 is 12.1. The first-order chi connectivity index (χ1) is 17.3. The van der Waals surface area contributed by atoms with Crippen molar-refractivity contribution in [2.24, 2.45) is 0 Å². The molecule has 0 aliphatic carbocycles. The Labute approximate surface area is 203 Å². The molecule has 4 aromatic carbocycles. The van der Waals surface area contributed by atoms with Gasteiger partial charge in [-0.2, -0.15) is 4.98 Å². The summed E-state index contributed by atoms with van der Waals surface area (Å²) in [4.78, 5) is 19.9. The number of hydrogen-bond acceptors (Lipinski definition) is 4. The second-order valence-corrected chi connectivity index (χ2v) is 8.34. The first kappa shape index (κ1) is 20.9. The summed E-state index contributed by atoms with van der Waals surface area (Å²) in [5.41, 5.74) is 4.14. The van der Waals surface area contributed by atoms with Crippen LogP contribution in [0.3, 0.4) is 0 Å². The molecule has 0 atom stereocenters. The molecule has 1 amide bonds. The zero-order chi connectivity index (χ0) is 23.6. The number of hydrogen-bond donors (Lipinski definition) is 0. The van der Waals surface area contributed by atoms with Crippen LogP contribution in [-0.2, 0) is 13.2 Å². The van der Waals surface area contributed by atoms with Crippen LogP contribution in [0.4, 0.5) is 11.4 Å². The second kappa shape index (κ2) is 8.95. The number of ether oxygens (including phenoxy) is 2. The maximum atomic E-state index is 13.5. The Balaban J connectivity index is 1.37. The van der Waals surface area contributed by atoms with E-state index < -0.39 is 0 Å². The summed E-state index contributed by atoms with van der Waals surface area (Å²) in [7, 11) is 0. The quantitative estimate of drug-likeness (QED) is 0.273. The molecule has 6 rings (SSSR count). The zero-order valence-electron chi connectivity index (χ0n) is 18.9. The molecule has 0 bridgehead atoms. The Morgan fingerprint density at radius 3 is 2.00 bits per heavy atom. The third-order valence-electron chi connectivity index (χ3n) is 6.06. The third kappa shape index (κ3) is 3.97. The van der Waals surface area contributed by atoms with E-state index in [1.165, 1.54) is 0 Å². The van der Waals surface area contributed by atoms with Gasteiger partial charge in [-0.3, -0.25) is 9.69 Å². The van der Waals surface area contributed by atoms with Crippen molar-refractivity contribution in [3.05, 3.63) is 126 Å². The highest BCUT2D eigenvalue weighted by molar-refractivity contribution is 6.28. The summed E-state index contributed by atoms with van der Waals surface area (Å²) >= 11 is 0. The van der Waals surface area contributed by atoms with Gasteiger partial charge in [0.2, 0.25) is 11.8 Å². The first-order valence-electron chi connectivity index (χ1n) is 11.5. The van der Waals surface area contributed by atoms with E-state index >= 15 is 0 Å². The van der Waals surface area contributed by atoms with E-state index in [2.05, 4.69) is 4.98 Å². The van der Waals surface area contributed by atoms with Crippen molar-refractivity contribution in [3.63, 3.8) is 0 Å². The predicted octanol–water partition coefficient (Wildman–Crippen LogP) is 6.68. The highest BCUT2D eigenvalue weighted by Gasteiger charge is 2.33. The molecule has 0 saturated heterocycles. The Bertz CT molecular complexity index is 1510. The first-order valence-corrected chi connectivity index (χ1v) is 11.5. The van der Waals surface area contributed by atoms with Gasteiger partial charge in [0, 0.05) is 11.5 Å². The second-order valence-electron chi connectivity index (χ2n) is 8.34. The molecule has 5 heteroatoms. The maximum Gasteiger partial charge on any atom is 0.263 e. The van der Waals surface area contributed by atoms with E-state index in [-0.39, 0.29) is 5.91 Å². The zero-order valence-corrected chi connectivity index (χ0v) is 18.9. The van der Waals surface area contributed by atoms with Crippen molar-refractivity contribution < 1.29 is 14.3 Å². The van der Waals surface area contributed by atoms with Gasteiger partial charge >= 0.3 is 0 Å². The van der Waals surface area contributed by atoms with E-state index in [1.54, 1.807) is 11.0 Å². The number of nitrogens with zero attached hydrogens (tertiary/aromatic N) is 2. The number of rotatable bonds is 7. The van der Waals surface area contributed by atoms with Crippen molar-refractivity contribution >= 4 is 28.1 Å². The molecule has 0 fully saturated rings. The lowest BCUT2D eigenvalue weighted by Crippen LogP contribution is -2.22. The molecule has 1 aliphatic rings. The van der Waals surface area contributed by atoms with Gasteiger partial charge in [0.15, 0.2) is 0 Å². The number of aromatic nitrogens is 1. The smallest absolute Gasteiger partial charge is 0.263 e. The van der Waals surface area contributed by atoms with E-state index in [1.807, 2.05) is 103 Å². The predicted molar refractivity (Wildman–Crippen MR) is 136 cm³/mol. The molecule has 0 radical (unpaired) electrons. The highest BCUT2D eigenvalue weighted by Crippen LogP contribution is 2.44.